The fraction of sp³-hybridized carbons (Fsp3) is 0.304. The number of ether oxygens (including phenoxy) is 2. The van der Waals surface area contributed by atoms with Crippen LogP contribution in [0.4, 0.5) is 4.79 Å². The molecular formula is C23H25NO4S. The molecule has 3 rings (SSSR count). The molecule has 0 aromatic heterocycles. The van der Waals surface area contributed by atoms with Crippen LogP contribution in [0, 0.1) is 0 Å². The van der Waals surface area contributed by atoms with Gasteiger partial charge in [0.05, 0.1) is 18.1 Å². The number of hydrogen-bond donors (Lipinski definition) is 0. The van der Waals surface area contributed by atoms with Gasteiger partial charge in [0, 0.05) is 6.54 Å². The number of carbonyl (C=O) groups is 2. The molecule has 0 bridgehead atoms. The van der Waals surface area contributed by atoms with E-state index >= 15 is 0 Å². The zero-order valence-corrected chi connectivity index (χ0v) is 17.7. The molecule has 5 nitrogen and oxygen atoms in total. The fourth-order valence-electron chi connectivity index (χ4n) is 3.06. The topological polar surface area (TPSA) is 55.8 Å². The first-order valence-corrected chi connectivity index (χ1v) is 10.4. The molecule has 29 heavy (non-hydrogen) atoms. The van der Waals surface area contributed by atoms with Crippen molar-refractivity contribution in [3.63, 3.8) is 0 Å². The van der Waals surface area contributed by atoms with E-state index in [1.54, 1.807) is 19.3 Å². The van der Waals surface area contributed by atoms with Crippen LogP contribution < -0.4 is 9.47 Å². The van der Waals surface area contributed by atoms with Crippen molar-refractivity contribution >= 4 is 29.0 Å². The summed E-state index contributed by atoms with van der Waals surface area (Å²) in [5.41, 5.74) is 1.98. The third kappa shape index (κ3) is 5.41. The molecule has 0 saturated carbocycles. The van der Waals surface area contributed by atoms with Crippen LogP contribution in [-0.4, -0.2) is 35.8 Å². The molecule has 0 unspecified atom stereocenters. The number of rotatable bonds is 8. The number of imide groups is 1. The number of carbonyl (C=O) groups excluding carboxylic acids is 2. The quantitative estimate of drug-likeness (QED) is 0.562. The summed E-state index contributed by atoms with van der Waals surface area (Å²) < 4.78 is 11.1. The van der Waals surface area contributed by atoms with E-state index < -0.39 is 0 Å². The number of nitrogens with zero attached hydrogens (tertiary/aromatic N) is 1. The van der Waals surface area contributed by atoms with Crippen LogP contribution >= 0.6 is 11.8 Å². The summed E-state index contributed by atoms with van der Waals surface area (Å²) in [6, 6.07) is 15.5. The van der Waals surface area contributed by atoms with Gasteiger partial charge in [-0.05, 0) is 67.8 Å². The number of methoxy groups -OCH3 is 1. The van der Waals surface area contributed by atoms with Crippen molar-refractivity contribution in [3.05, 3.63) is 64.6 Å². The minimum atomic E-state index is -0.241. The molecule has 1 aliphatic heterocycles. The summed E-state index contributed by atoms with van der Waals surface area (Å²) in [6.07, 6.45) is 3.33. The molecule has 1 saturated heterocycles. The Bertz CT molecular complexity index is 908. The van der Waals surface area contributed by atoms with Crippen molar-refractivity contribution in [2.45, 2.75) is 32.8 Å². The normalized spacial score (nSPS) is 15.4. The summed E-state index contributed by atoms with van der Waals surface area (Å²) in [6.45, 7) is 4.31. The molecule has 0 atom stereocenters. The van der Waals surface area contributed by atoms with Crippen LogP contribution in [0.3, 0.4) is 0 Å². The number of benzene rings is 2. The van der Waals surface area contributed by atoms with Gasteiger partial charge in [-0.3, -0.25) is 14.5 Å². The highest BCUT2D eigenvalue weighted by Crippen LogP contribution is 2.35. The Morgan fingerprint density at radius 3 is 2.52 bits per heavy atom. The maximum atomic E-state index is 12.7. The Hall–Kier alpha value is -2.73. The van der Waals surface area contributed by atoms with Gasteiger partial charge >= 0.3 is 0 Å². The van der Waals surface area contributed by atoms with E-state index in [0.29, 0.717) is 22.9 Å². The highest BCUT2D eigenvalue weighted by Gasteiger charge is 2.34. The summed E-state index contributed by atoms with van der Waals surface area (Å²) >= 11 is 0.978. The molecule has 0 radical (unpaired) electrons. The van der Waals surface area contributed by atoms with Crippen LogP contribution in [0.5, 0.6) is 11.5 Å². The molecule has 0 N–H and O–H groups in total. The van der Waals surface area contributed by atoms with Crippen LogP contribution in [-0.2, 0) is 11.2 Å². The lowest BCUT2D eigenvalue weighted by atomic mass is 10.1. The Morgan fingerprint density at radius 1 is 1.07 bits per heavy atom. The summed E-state index contributed by atoms with van der Waals surface area (Å²) in [5.74, 6) is 0.998. The van der Waals surface area contributed by atoms with Gasteiger partial charge in [0.25, 0.3) is 11.1 Å². The van der Waals surface area contributed by atoms with E-state index in [-0.39, 0.29) is 17.3 Å². The molecular weight excluding hydrogens is 386 g/mol. The van der Waals surface area contributed by atoms with Crippen molar-refractivity contribution in [3.8, 4) is 11.5 Å². The van der Waals surface area contributed by atoms with Gasteiger partial charge in [-0.15, -0.1) is 0 Å². The highest BCUT2D eigenvalue weighted by atomic mass is 32.2. The summed E-state index contributed by atoms with van der Waals surface area (Å²) in [4.78, 5) is 26.7. The van der Waals surface area contributed by atoms with Crippen molar-refractivity contribution in [2.24, 2.45) is 0 Å². The van der Waals surface area contributed by atoms with Crippen molar-refractivity contribution in [2.75, 3.05) is 13.7 Å². The van der Waals surface area contributed by atoms with E-state index in [9.17, 15) is 9.59 Å². The molecule has 152 valence electrons. The lowest BCUT2D eigenvalue weighted by Crippen LogP contribution is -2.29. The van der Waals surface area contributed by atoms with Gasteiger partial charge in [0.15, 0.2) is 11.5 Å². The average Bonchev–Trinajstić information content (AvgIpc) is 2.97. The molecule has 2 amide bonds. The molecule has 2 aromatic rings. The maximum absolute atomic E-state index is 12.7. The van der Waals surface area contributed by atoms with Crippen LogP contribution in [0.15, 0.2) is 53.4 Å². The predicted octanol–water partition coefficient (Wildman–Crippen LogP) is 5.15. The van der Waals surface area contributed by atoms with Crippen LogP contribution in [0.2, 0.25) is 0 Å². The van der Waals surface area contributed by atoms with Crippen molar-refractivity contribution in [1.82, 2.24) is 4.90 Å². The number of aryl methyl sites for hydroxylation is 1. The molecule has 0 aliphatic carbocycles. The monoisotopic (exact) mass is 411 g/mol. The smallest absolute Gasteiger partial charge is 0.293 e. The Morgan fingerprint density at radius 2 is 1.83 bits per heavy atom. The van der Waals surface area contributed by atoms with Crippen LogP contribution in [0.1, 0.15) is 31.4 Å². The molecule has 2 aromatic carbocycles. The van der Waals surface area contributed by atoms with Crippen LogP contribution in [0.25, 0.3) is 6.08 Å². The second kappa shape index (κ2) is 9.65. The third-order valence-electron chi connectivity index (χ3n) is 4.41. The lowest BCUT2D eigenvalue weighted by molar-refractivity contribution is -0.122. The third-order valence-corrected chi connectivity index (χ3v) is 5.32. The van der Waals surface area contributed by atoms with Gasteiger partial charge in [-0.1, -0.05) is 36.4 Å². The van der Waals surface area contributed by atoms with Crippen molar-refractivity contribution in [1.29, 1.82) is 0 Å². The summed E-state index contributed by atoms with van der Waals surface area (Å²) in [5, 5.41) is -0.221. The second-order valence-electron chi connectivity index (χ2n) is 7.00. The largest absolute Gasteiger partial charge is 0.493 e. The van der Waals surface area contributed by atoms with Gasteiger partial charge in [-0.25, -0.2) is 0 Å². The fourth-order valence-corrected chi connectivity index (χ4v) is 3.92. The zero-order chi connectivity index (χ0) is 20.8. The van der Waals surface area contributed by atoms with E-state index in [1.807, 2.05) is 56.3 Å². The highest BCUT2D eigenvalue weighted by molar-refractivity contribution is 8.18. The Balaban J connectivity index is 1.67. The molecule has 1 heterocycles. The van der Waals surface area contributed by atoms with Gasteiger partial charge in [-0.2, -0.15) is 0 Å². The van der Waals surface area contributed by atoms with Crippen molar-refractivity contribution < 1.29 is 19.1 Å². The molecule has 1 fully saturated rings. The summed E-state index contributed by atoms with van der Waals surface area (Å²) in [7, 11) is 1.58. The zero-order valence-electron chi connectivity index (χ0n) is 16.9. The van der Waals surface area contributed by atoms with E-state index in [2.05, 4.69) is 0 Å². The number of amides is 2. The van der Waals surface area contributed by atoms with E-state index in [1.165, 1.54) is 10.5 Å². The Labute approximate surface area is 175 Å². The molecule has 1 aliphatic rings. The van der Waals surface area contributed by atoms with E-state index in [4.69, 9.17) is 9.47 Å². The molecule has 6 heteroatoms. The predicted molar refractivity (Wildman–Crippen MR) is 116 cm³/mol. The lowest BCUT2D eigenvalue weighted by Gasteiger charge is -2.14. The van der Waals surface area contributed by atoms with Gasteiger partial charge in [0.2, 0.25) is 0 Å². The first kappa shape index (κ1) is 21.0. The first-order chi connectivity index (χ1) is 14.0. The molecule has 0 spiro atoms. The SMILES string of the molecule is COc1cc(/C=C2/SC(=O)N(CCCc3ccccc3)C2=O)ccc1OC(C)C. The second-order valence-corrected chi connectivity index (χ2v) is 7.99. The Kier molecular flexibility index (Phi) is 6.99. The van der Waals surface area contributed by atoms with Gasteiger partial charge < -0.3 is 9.47 Å². The maximum Gasteiger partial charge on any atom is 0.293 e. The minimum Gasteiger partial charge on any atom is -0.493 e. The van der Waals surface area contributed by atoms with Gasteiger partial charge in [0.1, 0.15) is 0 Å². The van der Waals surface area contributed by atoms with E-state index in [0.717, 1.165) is 30.2 Å². The average molecular weight is 412 g/mol. The standard InChI is InChI=1S/C23H25NO4S/c1-16(2)28-19-12-11-18(14-20(19)27-3)15-21-22(25)24(23(26)29-21)13-7-10-17-8-5-4-6-9-17/h4-6,8-9,11-12,14-16H,7,10,13H2,1-3H3/b21-15+. The number of hydrogen-bond acceptors (Lipinski definition) is 5. The minimum absolute atomic E-state index is 0.0298. The first-order valence-electron chi connectivity index (χ1n) is 9.62. The number of thioether (sulfide) groups is 1.